The molecule has 9 heteroatoms. The first-order chi connectivity index (χ1) is 14.8. The van der Waals surface area contributed by atoms with Crippen LogP contribution in [0.2, 0.25) is 0 Å². The molecule has 2 aromatic carbocycles. The quantitative estimate of drug-likeness (QED) is 0.565. The lowest BCUT2D eigenvalue weighted by Gasteiger charge is -2.19. The van der Waals surface area contributed by atoms with Crippen molar-refractivity contribution < 1.29 is 13.2 Å². The molecular weight excluding hydrogens is 423 g/mol. The molecule has 0 fully saturated rings. The molecule has 4 rings (SSSR count). The van der Waals surface area contributed by atoms with E-state index < -0.39 is 11.9 Å². The van der Waals surface area contributed by atoms with Crippen LogP contribution < -0.4 is 15.5 Å². The van der Waals surface area contributed by atoms with Crippen LogP contribution in [-0.4, -0.2) is 15.1 Å². The van der Waals surface area contributed by atoms with Crippen molar-refractivity contribution in [3.05, 3.63) is 82.5 Å². The van der Waals surface area contributed by atoms with Crippen molar-refractivity contribution in [1.29, 1.82) is 0 Å². The molecule has 3 aromatic rings. The molecule has 0 amide bonds. The van der Waals surface area contributed by atoms with Crippen molar-refractivity contribution in [1.82, 2.24) is 15.3 Å². The first-order valence-corrected chi connectivity index (χ1v) is 10.1. The summed E-state index contributed by atoms with van der Waals surface area (Å²) in [7, 11) is 0. The van der Waals surface area contributed by atoms with E-state index in [0.29, 0.717) is 19.6 Å². The Morgan fingerprint density at radius 1 is 1.03 bits per heavy atom. The van der Waals surface area contributed by atoms with Crippen LogP contribution >= 0.6 is 12.2 Å². The topological polar surface area (TPSA) is 53.1 Å². The molecule has 2 N–H and O–H groups in total. The highest BCUT2D eigenvalue weighted by atomic mass is 32.1. The number of nitrogens with one attached hydrogen (secondary N) is 2. The summed E-state index contributed by atoms with van der Waals surface area (Å²) in [5.41, 5.74) is 3.25. The van der Waals surface area contributed by atoms with Gasteiger partial charge in [-0.15, -0.1) is 0 Å². The van der Waals surface area contributed by atoms with Gasteiger partial charge in [-0.05, 0) is 35.8 Å². The molecule has 0 spiro atoms. The monoisotopic (exact) mass is 443 g/mol. The van der Waals surface area contributed by atoms with E-state index in [-0.39, 0.29) is 16.9 Å². The summed E-state index contributed by atoms with van der Waals surface area (Å²) >= 11 is 5.24. The fourth-order valence-electron chi connectivity index (χ4n) is 3.33. The molecule has 0 saturated heterocycles. The van der Waals surface area contributed by atoms with Gasteiger partial charge in [-0.2, -0.15) is 18.2 Å². The van der Waals surface area contributed by atoms with Gasteiger partial charge in [0.25, 0.3) is 0 Å². The van der Waals surface area contributed by atoms with Gasteiger partial charge in [-0.1, -0.05) is 54.1 Å². The van der Waals surface area contributed by atoms with Crippen LogP contribution in [0.4, 0.5) is 24.9 Å². The van der Waals surface area contributed by atoms with Crippen LogP contribution in [0.15, 0.2) is 54.6 Å². The Morgan fingerprint density at radius 2 is 1.68 bits per heavy atom. The second-order valence-corrected chi connectivity index (χ2v) is 7.76. The summed E-state index contributed by atoms with van der Waals surface area (Å²) in [6.07, 6.45) is -4.60. The third-order valence-corrected chi connectivity index (χ3v) is 5.21. The lowest BCUT2D eigenvalue weighted by molar-refractivity contribution is -0.141. The lowest BCUT2D eigenvalue weighted by Crippen LogP contribution is -2.29. The number of anilines is 2. The maximum Gasteiger partial charge on any atom is 0.433 e. The third kappa shape index (κ3) is 5.11. The van der Waals surface area contributed by atoms with Crippen molar-refractivity contribution >= 4 is 29.1 Å². The highest BCUT2D eigenvalue weighted by Crippen LogP contribution is 2.33. The van der Waals surface area contributed by atoms with Gasteiger partial charge in [-0.25, -0.2) is 4.98 Å². The minimum absolute atomic E-state index is 0.149. The number of aromatic nitrogens is 2. The molecule has 160 valence electrons. The van der Waals surface area contributed by atoms with Gasteiger partial charge in [0, 0.05) is 25.7 Å². The standard InChI is InChI=1S/C22H20F3N5S/c1-14-6-8-15(9-7-14)11-26-21(31)29-20-27-18(22(23,24)25)10-19(28-20)30-12-16-4-2-3-5-17(16)13-30/h2-10H,11-13H2,1H3,(H2,26,27,28,29,31). The van der Waals surface area contributed by atoms with Crippen molar-refractivity contribution in [2.45, 2.75) is 32.7 Å². The second kappa shape index (κ2) is 8.50. The van der Waals surface area contributed by atoms with Gasteiger partial charge < -0.3 is 15.5 Å². The van der Waals surface area contributed by atoms with Crippen LogP contribution in [0.3, 0.4) is 0 Å². The molecule has 1 aromatic heterocycles. The van der Waals surface area contributed by atoms with Gasteiger partial charge in [0.05, 0.1) is 0 Å². The van der Waals surface area contributed by atoms with Crippen LogP contribution in [-0.2, 0) is 25.8 Å². The van der Waals surface area contributed by atoms with Crippen molar-refractivity contribution in [2.24, 2.45) is 0 Å². The molecule has 0 unspecified atom stereocenters. The Kier molecular flexibility index (Phi) is 5.77. The summed E-state index contributed by atoms with van der Waals surface area (Å²) < 4.78 is 40.4. The maximum atomic E-state index is 13.5. The Hall–Kier alpha value is -3.20. The zero-order valence-electron chi connectivity index (χ0n) is 16.7. The molecule has 0 saturated carbocycles. The predicted molar refractivity (Wildman–Crippen MR) is 118 cm³/mol. The molecule has 1 aliphatic heterocycles. The summed E-state index contributed by atoms with van der Waals surface area (Å²) in [5, 5.41) is 5.81. The van der Waals surface area contributed by atoms with E-state index >= 15 is 0 Å². The Morgan fingerprint density at radius 3 is 2.29 bits per heavy atom. The molecular formula is C22H20F3N5S. The highest BCUT2D eigenvalue weighted by Gasteiger charge is 2.35. The average molecular weight is 443 g/mol. The molecule has 0 bridgehead atoms. The Labute approximate surface area is 183 Å². The number of thiocarbonyl (C=S) groups is 1. The smallest absolute Gasteiger partial charge is 0.358 e. The van der Waals surface area contributed by atoms with Crippen molar-refractivity contribution in [2.75, 3.05) is 10.2 Å². The van der Waals surface area contributed by atoms with Gasteiger partial charge in [0.15, 0.2) is 10.8 Å². The number of aryl methyl sites for hydroxylation is 1. The molecule has 2 heterocycles. The van der Waals surface area contributed by atoms with E-state index in [0.717, 1.165) is 28.3 Å². The zero-order valence-corrected chi connectivity index (χ0v) is 17.5. The summed E-state index contributed by atoms with van der Waals surface area (Å²) in [6, 6.07) is 16.6. The highest BCUT2D eigenvalue weighted by molar-refractivity contribution is 7.80. The molecule has 1 aliphatic rings. The Bertz CT molecular complexity index is 1070. The molecule has 0 radical (unpaired) electrons. The third-order valence-electron chi connectivity index (χ3n) is 4.97. The van der Waals surface area contributed by atoms with Crippen LogP contribution in [0.5, 0.6) is 0 Å². The first-order valence-electron chi connectivity index (χ1n) is 9.66. The lowest BCUT2D eigenvalue weighted by atomic mass is 10.1. The normalized spacial score (nSPS) is 13.1. The zero-order chi connectivity index (χ0) is 22.0. The van der Waals surface area contributed by atoms with E-state index in [1.807, 2.05) is 55.5 Å². The predicted octanol–water partition coefficient (Wildman–Crippen LogP) is 4.81. The summed E-state index contributed by atoms with van der Waals surface area (Å²) in [4.78, 5) is 9.71. The number of hydrogen-bond acceptors (Lipinski definition) is 4. The fraction of sp³-hybridized carbons (Fsp3) is 0.227. The largest absolute Gasteiger partial charge is 0.433 e. The molecule has 5 nitrogen and oxygen atoms in total. The summed E-state index contributed by atoms with van der Waals surface area (Å²) in [6.45, 7) is 3.39. The van der Waals surface area contributed by atoms with Gasteiger partial charge >= 0.3 is 6.18 Å². The van der Waals surface area contributed by atoms with E-state index in [1.165, 1.54) is 0 Å². The van der Waals surface area contributed by atoms with Crippen molar-refractivity contribution in [3.63, 3.8) is 0 Å². The molecule has 0 aliphatic carbocycles. The van der Waals surface area contributed by atoms with Gasteiger partial charge in [0.1, 0.15) is 5.82 Å². The van der Waals surface area contributed by atoms with Gasteiger partial charge in [0.2, 0.25) is 5.95 Å². The number of fused-ring (bicyclic) bond motifs is 1. The number of benzene rings is 2. The number of rotatable bonds is 4. The van der Waals surface area contributed by atoms with Crippen LogP contribution in [0.25, 0.3) is 0 Å². The molecule has 31 heavy (non-hydrogen) atoms. The number of hydrogen-bond donors (Lipinski definition) is 2. The SMILES string of the molecule is Cc1ccc(CNC(=S)Nc2nc(N3Cc4ccccc4C3)cc(C(F)(F)F)n2)cc1. The van der Waals surface area contributed by atoms with Crippen LogP contribution in [0, 0.1) is 6.92 Å². The average Bonchev–Trinajstić information content (AvgIpc) is 3.17. The minimum Gasteiger partial charge on any atom is -0.358 e. The molecule has 0 atom stereocenters. The Balaban J connectivity index is 1.51. The summed E-state index contributed by atoms with van der Waals surface area (Å²) in [5.74, 6) is 0.00421. The first kappa shape index (κ1) is 21.0. The van der Waals surface area contributed by atoms with Crippen LogP contribution in [0.1, 0.15) is 27.9 Å². The second-order valence-electron chi connectivity index (χ2n) is 7.35. The number of alkyl halides is 3. The van der Waals surface area contributed by atoms with E-state index in [2.05, 4.69) is 20.6 Å². The van der Waals surface area contributed by atoms with Gasteiger partial charge in [-0.3, -0.25) is 0 Å². The number of nitrogens with zero attached hydrogens (tertiary/aromatic N) is 3. The van der Waals surface area contributed by atoms with E-state index in [9.17, 15) is 13.2 Å². The van der Waals surface area contributed by atoms with E-state index in [4.69, 9.17) is 12.2 Å². The van der Waals surface area contributed by atoms with E-state index in [1.54, 1.807) is 4.90 Å². The fourth-order valence-corrected chi connectivity index (χ4v) is 3.49. The minimum atomic E-state index is -4.60. The maximum absolute atomic E-state index is 13.5. The number of halogens is 3. The van der Waals surface area contributed by atoms with Crippen molar-refractivity contribution in [3.8, 4) is 0 Å².